The van der Waals surface area contributed by atoms with E-state index in [1.807, 2.05) is 36.4 Å². The van der Waals surface area contributed by atoms with Gasteiger partial charge in [-0.2, -0.15) is 0 Å². The fourth-order valence-corrected chi connectivity index (χ4v) is 2.76. The lowest BCUT2D eigenvalue weighted by atomic mass is 9.92. The van der Waals surface area contributed by atoms with Gasteiger partial charge in [0.05, 0.1) is 12.6 Å². The number of aliphatic hydroxyl groups excluding tert-OH is 1. The van der Waals surface area contributed by atoms with E-state index < -0.39 is 0 Å². The summed E-state index contributed by atoms with van der Waals surface area (Å²) in [6, 6.07) is 16.2. The Hall–Kier alpha value is -1.84. The molecule has 0 spiro atoms. The highest BCUT2D eigenvalue weighted by molar-refractivity contribution is 5.52. The molecule has 3 nitrogen and oxygen atoms in total. The van der Waals surface area contributed by atoms with Gasteiger partial charge in [0.1, 0.15) is 11.5 Å². The monoisotopic (exact) mass is 283 g/mol. The van der Waals surface area contributed by atoms with E-state index in [4.69, 9.17) is 4.74 Å². The Morgan fingerprint density at radius 1 is 1.00 bits per heavy atom. The predicted molar refractivity (Wildman–Crippen MR) is 83.6 cm³/mol. The summed E-state index contributed by atoms with van der Waals surface area (Å²) in [6.45, 7) is 4.36. The summed E-state index contributed by atoms with van der Waals surface area (Å²) >= 11 is 0. The number of rotatable bonds is 4. The van der Waals surface area contributed by atoms with E-state index in [1.54, 1.807) is 0 Å². The van der Waals surface area contributed by atoms with Crippen molar-refractivity contribution in [3.05, 3.63) is 59.7 Å². The van der Waals surface area contributed by atoms with Gasteiger partial charge in [-0.05, 0) is 18.1 Å². The van der Waals surface area contributed by atoms with Gasteiger partial charge >= 0.3 is 0 Å². The van der Waals surface area contributed by atoms with Crippen LogP contribution >= 0.6 is 0 Å². The van der Waals surface area contributed by atoms with Crippen molar-refractivity contribution in [1.29, 1.82) is 0 Å². The maximum Gasteiger partial charge on any atom is 0.132 e. The minimum Gasteiger partial charge on any atom is -0.457 e. The normalized spacial score (nSPS) is 15.2. The van der Waals surface area contributed by atoms with Crippen LogP contribution in [0, 0.1) is 5.92 Å². The van der Waals surface area contributed by atoms with E-state index in [2.05, 4.69) is 31.3 Å². The fourth-order valence-electron chi connectivity index (χ4n) is 2.76. The van der Waals surface area contributed by atoms with Gasteiger partial charge in [0.2, 0.25) is 0 Å². The third-order valence-corrected chi connectivity index (χ3v) is 4.06. The lowest BCUT2D eigenvalue weighted by Gasteiger charge is -2.32. The van der Waals surface area contributed by atoms with Crippen molar-refractivity contribution < 1.29 is 9.84 Å². The number of hydrogen-bond acceptors (Lipinski definition) is 3. The molecule has 110 valence electrons. The quantitative estimate of drug-likeness (QED) is 0.902. The van der Waals surface area contributed by atoms with Crippen LogP contribution in [-0.4, -0.2) is 17.8 Å². The highest BCUT2D eigenvalue weighted by Gasteiger charge is 2.29. The van der Waals surface area contributed by atoms with Gasteiger partial charge in [-0.25, -0.2) is 0 Å². The molecule has 2 N–H and O–H groups in total. The van der Waals surface area contributed by atoms with Crippen LogP contribution < -0.4 is 10.1 Å². The highest BCUT2D eigenvalue weighted by Crippen LogP contribution is 2.42. The molecule has 0 saturated heterocycles. The molecule has 0 fully saturated rings. The van der Waals surface area contributed by atoms with Crippen LogP contribution in [0.2, 0.25) is 0 Å². The van der Waals surface area contributed by atoms with Crippen molar-refractivity contribution in [1.82, 2.24) is 5.32 Å². The van der Waals surface area contributed by atoms with Gasteiger partial charge in [-0.3, -0.25) is 0 Å². The van der Waals surface area contributed by atoms with Gasteiger partial charge in [0.15, 0.2) is 0 Å². The first-order valence-corrected chi connectivity index (χ1v) is 7.43. The Balaban J connectivity index is 2.02. The van der Waals surface area contributed by atoms with E-state index in [0.29, 0.717) is 5.92 Å². The molecule has 0 amide bonds. The highest BCUT2D eigenvalue weighted by atomic mass is 16.5. The van der Waals surface area contributed by atoms with Crippen LogP contribution in [0.25, 0.3) is 0 Å². The van der Waals surface area contributed by atoms with Crippen molar-refractivity contribution in [2.75, 3.05) is 6.61 Å². The summed E-state index contributed by atoms with van der Waals surface area (Å²) in [7, 11) is 0. The third kappa shape index (κ3) is 2.67. The number of fused-ring (bicyclic) bond motifs is 2. The SMILES string of the molecule is CC(C)C(CO)NC1c2ccccc2Oc2ccccc21. The van der Waals surface area contributed by atoms with Crippen molar-refractivity contribution in [3.8, 4) is 11.5 Å². The molecule has 3 rings (SSSR count). The second-order valence-corrected chi connectivity index (χ2v) is 5.81. The Labute approximate surface area is 125 Å². The maximum absolute atomic E-state index is 9.63. The van der Waals surface area contributed by atoms with Gasteiger partial charge < -0.3 is 15.2 Å². The van der Waals surface area contributed by atoms with E-state index in [9.17, 15) is 5.11 Å². The molecule has 1 heterocycles. The molecule has 21 heavy (non-hydrogen) atoms. The van der Waals surface area contributed by atoms with Crippen molar-refractivity contribution in [2.24, 2.45) is 5.92 Å². The van der Waals surface area contributed by atoms with Crippen LogP contribution in [-0.2, 0) is 0 Å². The molecule has 2 aromatic rings. The molecule has 0 radical (unpaired) electrons. The average Bonchev–Trinajstić information content (AvgIpc) is 2.51. The zero-order valence-corrected chi connectivity index (χ0v) is 12.4. The fraction of sp³-hybridized carbons (Fsp3) is 0.333. The third-order valence-electron chi connectivity index (χ3n) is 4.06. The molecule has 1 atom stereocenters. The van der Waals surface area contributed by atoms with Crippen LogP contribution in [0.5, 0.6) is 11.5 Å². The number of para-hydroxylation sites is 2. The van der Waals surface area contributed by atoms with Gasteiger partial charge in [-0.15, -0.1) is 0 Å². The summed E-state index contributed by atoms with van der Waals surface area (Å²) in [5.74, 6) is 2.13. The molecule has 1 aliphatic heterocycles. The first-order chi connectivity index (χ1) is 10.2. The molecule has 1 unspecified atom stereocenters. The minimum atomic E-state index is 0.0469. The first-order valence-electron chi connectivity index (χ1n) is 7.43. The Bertz CT molecular complexity index is 579. The summed E-state index contributed by atoms with van der Waals surface area (Å²) in [5.41, 5.74) is 2.24. The van der Waals surface area contributed by atoms with Crippen LogP contribution in [0.15, 0.2) is 48.5 Å². The zero-order valence-electron chi connectivity index (χ0n) is 12.4. The lowest BCUT2D eigenvalue weighted by Crippen LogP contribution is -2.40. The van der Waals surface area contributed by atoms with E-state index in [1.165, 1.54) is 0 Å². The summed E-state index contributed by atoms with van der Waals surface area (Å²) < 4.78 is 5.98. The van der Waals surface area contributed by atoms with Crippen LogP contribution in [0.1, 0.15) is 31.0 Å². The Morgan fingerprint density at radius 3 is 2.00 bits per heavy atom. The summed E-state index contributed by atoms with van der Waals surface area (Å²) in [6.07, 6.45) is 0. The smallest absolute Gasteiger partial charge is 0.132 e. The molecule has 3 heteroatoms. The molecule has 2 aromatic carbocycles. The molecule has 0 aromatic heterocycles. The van der Waals surface area contributed by atoms with Crippen molar-refractivity contribution in [3.63, 3.8) is 0 Å². The Morgan fingerprint density at radius 2 is 1.52 bits per heavy atom. The number of nitrogens with one attached hydrogen (secondary N) is 1. The molecular weight excluding hydrogens is 262 g/mol. The molecule has 0 aliphatic carbocycles. The van der Waals surface area contributed by atoms with Crippen LogP contribution in [0.3, 0.4) is 0 Å². The first kappa shape index (κ1) is 14.1. The molecular formula is C18H21NO2. The van der Waals surface area contributed by atoms with Crippen molar-refractivity contribution in [2.45, 2.75) is 25.9 Å². The summed E-state index contributed by atoms with van der Waals surface area (Å²) in [5, 5.41) is 13.2. The van der Waals surface area contributed by atoms with Gasteiger partial charge in [-0.1, -0.05) is 50.2 Å². The molecule has 0 saturated carbocycles. The predicted octanol–water partition coefficient (Wildman–Crippen LogP) is 3.49. The summed E-state index contributed by atoms with van der Waals surface area (Å²) in [4.78, 5) is 0. The van der Waals surface area contributed by atoms with E-state index in [0.717, 1.165) is 22.6 Å². The average molecular weight is 283 g/mol. The molecule has 0 bridgehead atoms. The number of hydrogen-bond donors (Lipinski definition) is 2. The second-order valence-electron chi connectivity index (χ2n) is 5.81. The number of benzene rings is 2. The maximum atomic E-state index is 9.63. The van der Waals surface area contributed by atoms with Crippen LogP contribution in [0.4, 0.5) is 0 Å². The molecule has 1 aliphatic rings. The van der Waals surface area contributed by atoms with Gasteiger partial charge in [0, 0.05) is 17.2 Å². The Kier molecular flexibility index (Phi) is 3.95. The lowest BCUT2D eigenvalue weighted by molar-refractivity contribution is 0.202. The number of aliphatic hydroxyl groups is 1. The largest absolute Gasteiger partial charge is 0.457 e. The van der Waals surface area contributed by atoms with Crippen molar-refractivity contribution >= 4 is 0 Å². The second kappa shape index (κ2) is 5.88. The zero-order chi connectivity index (χ0) is 14.8. The topological polar surface area (TPSA) is 41.5 Å². The standard InChI is InChI=1S/C18H21NO2/c1-12(2)15(11-20)19-18-13-7-3-5-9-16(13)21-17-10-6-4-8-14(17)18/h3-10,12,15,18-20H,11H2,1-2H3. The van der Waals surface area contributed by atoms with E-state index in [-0.39, 0.29) is 18.7 Å². The number of ether oxygens (including phenoxy) is 1. The van der Waals surface area contributed by atoms with Gasteiger partial charge in [0.25, 0.3) is 0 Å². The minimum absolute atomic E-state index is 0.0469. The van der Waals surface area contributed by atoms with E-state index >= 15 is 0 Å².